The molecular weight excluding hydrogens is 392 g/mol. The number of likely N-dealkylation sites (tertiary alicyclic amines) is 2. The largest absolute Gasteiger partial charge is 0.497 e. The number of carbonyl (C=O) groups excluding carboxylic acids is 2. The molecule has 2 amide bonds. The molecule has 2 unspecified atom stereocenters. The molecule has 164 valence electrons. The topological polar surface area (TPSA) is 59.1 Å². The normalized spacial score (nSPS) is 21.1. The van der Waals surface area contributed by atoms with Crippen LogP contribution in [0.2, 0.25) is 0 Å². The number of nitrogens with zero attached hydrogens (tertiary/aromatic N) is 2. The highest BCUT2D eigenvalue weighted by Crippen LogP contribution is 2.36. The first kappa shape index (κ1) is 21.2. The molecule has 31 heavy (non-hydrogen) atoms. The van der Waals surface area contributed by atoms with Gasteiger partial charge in [0.05, 0.1) is 20.1 Å². The van der Waals surface area contributed by atoms with E-state index >= 15 is 0 Å². The number of ether oxygens (including phenoxy) is 2. The van der Waals surface area contributed by atoms with E-state index in [9.17, 15) is 9.59 Å². The number of methoxy groups -OCH3 is 2. The maximum absolute atomic E-state index is 13.5. The smallest absolute Gasteiger partial charge is 0.254 e. The van der Waals surface area contributed by atoms with Crippen LogP contribution in [0.4, 0.5) is 0 Å². The maximum Gasteiger partial charge on any atom is 0.254 e. The Hall–Kier alpha value is -3.02. The lowest BCUT2D eigenvalue weighted by Gasteiger charge is -2.31. The van der Waals surface area contributed by atoms with Crippen LogP contribution in [-0.4, -0.2) is 62.0 Å². The fourth-order valence-corrected chi connectivity index (χ4v) is 4.72. The molecule has 2 saturated heterocycles. The van der Waals surface area contributed by atoms with Gasteiger partial charge in [-0.1, -0.05) is 18.2 Å². The second kappa shape index (κ2) is 9.41. The predicted molar refractivity (Wildman–Crippen MR) is 119 cm³/mol. The molecule has 0 aromatic heterocycles. The Morgan fingerprint density at radius 3 is 2.23 bits per heavy atom. The third-order valence-electron chi connectivity index (χ3n) is 6.43. The Morgan fingerprint density at radius 1 is 0.839 bits per heavy atom. The number of hydrogen-bond acceptors (Lipinski definition) is 4. The maximum atomic E-state index is 13.5. The van der Waals surface area contributed by atoms with Crippen molar-refractivity contribution in [2.24, 2.45) is 5.92 Å². The van der Waals surface area contributed by atoms with Crippen molar-refractivity contribution in [3.8, 4) is 11.5 Å². The number of carbonyl (C=O) groups is 2. The molecule has 2 aliphatic heterocycles. The van der Waals surface area contributed by atoms with Gasteiger partial charge in [0.15, 0.2) is 0 Å². The van der Waals surface area contributed by atoms with Crippen molar-refractivity contribution in [3.05, 3.63) is 59.7 Å². The van der Waals surface area contributed by atoms with E-state index in [1.165, 1.54) is 6.42 Å². The fraction of sp³-hybridized carbons (Fsp3) is 0.440. The van der Waals surface area contributed by atoms with Crippen LogP contribution in [0.15, 0.2) is 48.5 Å². The monoisotopic (exact) mass is 422 g/mol. The van der Waals surface area contributed by atoms with Gasteiger partial charge >= 0.3 is 0 Å². The Morgan fingerprint density at radius 2 is 1.52 bits per heavy atom. The molecule has 0 saturated carbocycles. The molecule has 0 aliphatic carbocycles. The van der Waals surface area contributed by atoms with Gasteiger partial charge in [0.25, 0.3) is 5.91 Å². The Kier molecular flexibility index (Phi) is 6.44. The first-order valence-electron chi connectivity index (χ1n) is 11.0. The molecule has 2 aromatic carbocycles. The summed E-state index contributed by atoms with van der Waals surface area (Å²) in [7, 11) is 3.23. The van der Waals surface area contributed by atoms with Crippen LogP contribution in [0.5, 0.6) is 11.5 Å². The van der Waals surface area contributed by atoms with E-state index in [-0.39, 0.29) is 23.7 Å². The van der Waals surface area contributed by atoms with Crippen molar-refractivity contribution in [1.29, 1.82) is 0 Å². The van der Waals surface area contributed by atoms with Gasteiger partial charge in [0.2, 0.25) is 5.91 Å². The third kappa shape index (κ3) is 4.53. The highest BCUT2D eigenvalue weighted by Gasteiger charge is 2.42. The van der Waals surface area contributed by atoms with Gasteiger partial charge in [-0.05, 0) is 55.2 Å². The van der Waals surface area contributed by atoms with Gasteiger partial charge in [-0.2, -0.15) is 0 Å². The third-order valence-corrected chi connectivity index (χ3v) is 6.43. The standard InChI is InChI=1S/C25H30N2O4/c1-30-20-10-6-8-18(14-20)22-16-27(24(28)19-9-7-11-21(15-19)31-2)17-23(22)25(29)26-12-4-3-5-13-26/h6-11,14-15,22-23H,3-5,12-13,16-17H2,1-2H3. The van der Waals surface area contributed by atoms with Crippen molar-refractivity contribution in [3.63, 3.8) is 0 Å². The van der Waals surface area contributed by atoms with Crippen molar-refractivity contribution in [2.75, 3.05) is 40.4 Å². The lowest BCUT2D eigenvalue weighted by atomic mass is 9.87. The average Bonchev–Trinajstić information content (AvgIpc) is 3.29. The number of hydrogen-bond donors (Lipinski definition) is 0. The Labute approximate surface area is 183 Å². The van der Waals surface area contributed by atoms with Crippen molar-refractivity contribution < 1.29 is 19.1 Å². The van der Waals surface area contributed by atoms with Gasteiger partial charge in [0, 0.05) is 37.7 Å². The average molecular weight is 423 g/mol. The summed E-state index contributed by atoms with van der Waals surface area (Å²) in [6, 6.07) is 15.1. The summed E-state index contributed by atoms with van der Waals surface area (Å²) < 4.78 is 10.7. The van der Waals surface area contributed by atoms with Crippen LogP contribution in [-0.2, 0) is 4.79 Å². The zero-order valence-corrected chi connectivity index (χ0v) is 18.3. The van der Waals surface area contributed by atoms with Crippen LogP contribution < -0.4 is 9.47 Å². The summed E-state index contributed by atoms with van der Waals surface area (Å²) in [4.78, 5) is 30.6. The molecule has 0 bridgehead atoms. The number of benzene rings is 2. The SMILES string of the molecule is COc1cccc(C(=O)N2CC(C(=O)N3CCCCC3)C(c3cccc(OC)c3)C2)c1. The Bertz CT molecular complexity index is 939. The molecule has 6 nitrogen and oxygen atoms in total. The molecule has 6 heteroatoms. The van der Waals surface area contributed by atoms with Crippen LogP contribution in [0, 0.1) is 5.92 Å². The summed E-state index contributed by atoms with van der Waals surface area (Å²) in [6.07, 6.45) is 3.28. The lowest BCUT2D eigenvalue weighted by Crippen LogP contribution is -2.42. The molecule has 2 atom stereocenters. The molecule has 0 spiro atoms. The molecule has 2 aliphatic rings. The van der Waals surface area contributed by atoms with E-state index in [1.807, 2.05) is 46.2 Å². The second-order valence-corrected chi connectivity index (χ2v) is 8.32. The molecule has 2 heterocycles. The minimum atomic E-state index is -0.250. The molecular formula is C25H30N2O4. The van der Waals surface area contributed by atoms with Gasteiger partial charge in [-0.25, -0.2) is 0 Å². The molecule has 0 radical (unpaired) electrons. The van der Waals surface area contributed by atoms with Crippen LogP contribution in [0.1, 0.15) is 41.1 Å². The van der Waals surface area contributed by atoms with Crippen molar-refractivity contribution >= 4 is 11.8 Å². The second-order valence-electron chi connectivity index (χ2n) is 8.32. The predicted octanol–water partition coefficient (Wildman–Crippen LogP) is 3.57. The van der Waals surface area contributed by atoms with E-state index in [0.717, 1.165) is 37.2 Å². The van der Waals surface area contributed by atoms with E-state index < -0.39 is 0 Å². The number of amides is 2. The quantitative estimate of drug-likeness (QED) is 0.739. The summed E-state index contributed by atoms with van der Waals surface area (Å²) in [5.74, 6) is 1.20. The highest BCUT2D eigenvalue weighted by molar-refractivity contribution is 5.95. The summed E-state index contributed by atoms with van der Waals surface area (Å²) in [5.41, 5.74) is 1.62. The highest BCUT2D eigenvalue weighted by atomic mass is 16.5. The summed E-state index contributed by atoms with van der Waals surface area (Å²) >= 11 is 0. The van der Waals surface area contributed by atoms with Crippen LogP contribution in [0.25, 0.3) is 0 Å². The summed E-state index contributed by atoms with van der Waals surface area (Å²) in [6.45, 7) is 2.55. The van der Waals surface area contributed by atoms with Crippen molar-refractivity contribution in [2.45, 2.75) is 25.2 Å². The Balaban J connectivity index is 1.62. The zero-order chi connectivity index (χ0) is 21.8. The minimum Gasteiger partial charge on any atom is -0.497 e. The molecule has 2 fully saturated rings. The van der Waals surface area contributed by atoms with E-state index in [1.54, 1.807) is 26.4 Å². The molecule has 2 aromatic rings. The zero-order valence-electron chi connectivity index (χ0n) is 18.3. The minimum absolute atomic E-state index is 0.0564. The van der Waals surface area contributed by atoms with Gasteiger partial charge in [-0.3, -0.25) is 9.59 Å². The summed E-state index contributed by atoms with van der Waals surface area (Å²) in [5, 5.41) is 0. The first-order chi connectivity index (χ1) is 15.1. The van der Waals surface area contributed by atoms with Gasteiger partial charge in [0.1, 0.15) is 11.5 Å². The molecule has 4 rings (SSSR count). The van der Waals surface area contributed by atoms with Crippen molar-refractivity contribution in [1.82, 2.24) is 9.80 Å². The van der Waals surface area contributed by atoms with E-state index in [4.69, 9.17) is 9.47 Å². The number of rotatable bonds is 5. The fourth-order valence-electron chi connectivity index (χ4n) is 4.72. The van der Waals surface area contributed by atoms with Gasteiger partial charge in [-0.15, -0.1) is 0 Å². The molecule has 0 N–H and O–H groups in total. The first-order valence-corrected chi connectivity index (χ1v) is 11.0. The van der Waals surface area contributed by atoms with Crippen LogP contribution >= 0.6 is 0 Å². The number of piperidine rings is 1. The van der Waals surface area contributed by atoms with Crippen LogP contribution in [0.3, 0.4) is 0 Å². The van der Waals surface area contributed by atoms with Gasteiger partial charge < -0.3 is 19.3 Å². The van der Waals surface area contributed by atoms with E-state index in [0.29, 0.717) is 24.4 Å². The van der Waals surface area contributed by atoms with E-state index in [2.05, 4.69) is 0 Å². The lowest BCUT2D eigenvalue weighted by molar-refractivity contribution is -0.136.